The lowest BCUT2D eigenvalue weighted by atomic mass is 10.2. The summed E-state index contributed by atoms with van der Waals surface area (Å²) in [5.41, 5.74) is -2.15. The lowest BCUT2D eigenvalue weighted by Crippen LogP contribution is -2.16. The molecule has 0 spiro atoms. The number of carbonyl (C=O) groups excluding carboxylic acids is 1. The van der Waals surface area contributed by atoms with Crippen LogP contribution in [0.4, 0.5) is 29.3 Å². The molecule has 0 saturated carbocycles. The van der Waals surface area contributed by atoms with E-state index in [0.29, 0.717) is 17.8 Å². The monoisotopic (exact) mass is 341 g/mol. The van der Waals surface area contributed by atoms with E-state index in [1.807, 2.05) is 5.32 Å². The molecule has 0 fully saturated rings. The van der Waals surface area contributed by atoms with Gasteiger partial charge in [-0.2, -0.15) is 13.2 Å². The molecule has 0 atom stereocenters. The number of alkyl halides is 3. The van der Waals surface area contributed by atoms with Crippen molar-refractivity contribution in [3.63, 3.8) is 0 Å². The summed E-state index contributed by atoms with van der Waals surface area (Å²) >= 11 is 0. The van der Waals surface area contributed by atoms with Crippen molar-refractivity contribution in [3.8, 4) is 0 Å². The standard InChI is InChI=1S/C14H10F3N3O4/c15-14(16,17)12-6-10(11(7-18-12)20(22)23)19-13(21)24-8-9-4-2-1-3-5-9/h1-7H,8H2,(H,18,19,21). The Morgan fingerprint density at radius 2 is 1.96 bits per heavy atom. The van der Waals surface area contributed by atoms with Gasteiger partial charge in [0.25, 0.3) is 0 Å². The van der Waals surface area contributed by atoms with E-state index in [1.165, 1.54) is 0 Å². The number of halogens is 3. The van der Waals surface area contributed by atoms with Crippen LogP contribution in [0.3, 0.4) is 0 Å². The third-order valence-corrected chi connectivity index (χ3v) is 2.82. The summed E-state index contributed by atoms with van der Waals surface area (Å²) in [6, 6.07) is 8.89. The number of rotatable bonds is 4. The van der Waals surface area contributed by atoms with Crippen LogP contribution in [0.1, 0.15) is 11.3 Å². The Balaban J connectivity index is 2.14. The molecule has 0 saturated heterocycles. The minimum absolute atomic E-state index is 0.141. The number of hydrogen-bond donors (Lipinski definition) is 1. The molecule has 24 heavy (non-hydrogen) atoms. The minimum Gasteiger partial charge on any atom is -0.444 e. The molecule has 0 aliphatic heterocycles. The summed E-state index contributed by atoms with van der Waals surface area (Å²) in [4.78, 5) is 24.5. The van der Waals surface area contributed by atoms with Gasteiger partial charge < -0.3 is 4.74 Å². The molecule has 1 aromatic carbocycles. The molecule has 7 nitrogen and oxygen atoms in total. The van der Waals surface area contributed by atoms with Gasteiger partial charge in [-0.05, 0) is 11.6 Å². The van der Waals surface area contributed by atoms with Gasteiger partial charge in [-0.25, -0.2) is 9.78 Å². The van der Waals surface area contributed by atoms with Gasteiger partial charge in [0.05, 0.1) is 4.92 Å². The number of carbonyl (C=O) groups is 1. The maximum absolute atomic E-state index is 12.6. The largest absolute Gasteiger partial charge is 0.444 e. The van der Waals surface area contributed by atoms with Crippen molar-refractivity contribution in [2.45, 2.75) is 12.8 Å². The molecule has 2 aromatic rings. The summed E-state index contributed by atoms with van der Waals surface area (Å²) in [6.45, 7) is -0.141. The molecule has 1 amide bonds. The van der Waals surface area contributed by atoms with Gasteiger partial charge in [0.2, 0.25) is 0 Å². The van der Waals surface area contributed by atoms with Gasteiger partial charge in [0.1, 0.15) is 24.2 Å². The number of amides is 1. The predicted molar refractivity (Wildman–Crippen MR) is 76.1 cm³/mol. The zero-order valence-electron chi connectivity index (χ0n) is 11.9. The lowest BCUT2D eigenvalue weighted by molar-refractivity contribution is -0.384. The van der Waals surface area contributed by atoms with Crippen LogP contribution in [-0.2, 0) is 17.5 Å². The van der Waals surface area contributed by atoms with E-state index in [0.717, 1.165) is 0 Å². The SMILES string of the molecule is O=C(Nc1cc(C(F)(F)F)ncc1[N+](=O)[O-])OCc1ccccc1. The number of benzene rings is 1. The van der Waals surface area contributed by atoms with Crippen molar-refractivity contribution in [2.75, 3.05) is 5.32 Å². The fraction of sp³-hybridized carbons (Fsp3) is 0.143. The highest BCUT2D eigenvalue weighted by Crippen LogP contribution is 2.32. The predicted octanol–water partition coefficient (Wildman–Crippen LogP) is 3.76. The fourth-order valence-electron chi connectivity index (χ4n) is 1.72. The highest BCUT2D eigenvalue weighted by molar-refractivity contribution is 5.87. The van der Waals surface area contributed by atoms with Crippen LogP contribution >= 0.6 is 0 Å². The Kier molecular flexibility index (Phi) is 4.97. The molecule has 0 unspecified atom stereocenters. The average molecular weight is 341 g/mol. The van der Waals surface area contributed by atoms with Crippen LogP contribution < -0.4 is 5.32 Å². The van der Waals surface area contributed by atoms with Gasteiger partial charge in [0.15, 0.2) is 0 Å². The Bertz CT molecular complexity index is 751. The van der Waals surface area contributed by atoms with Crippen LogP contribution in [-0.4, -0.2) is 16.0 Å². The summed E-state index contributed by atoms with van der Waals surface area (Å²) < 4.78 is 42.7. The maximum Gasteiger partial charge on any atom is 0.433 e. The smallest absolute Gasteiger partial charge is 0.433 e. The number of ether oxygens (including phenoxy) is 1. The van der Waals surface area contributed by atoms with Crippen LogP contribution in [0.5, 0.6) is 0 Å². The maximum atomic E-state index is 12.6. The Morgan fingerprint density at radius 3 is 2.54 bits per heavy atom. The summed E-state index contributed by atoms with van der Waals surface area (Å²) in [5.74, 6) is 0. The first-order valence-electron chi connectivity index (χ1n) is 6.46. The molecule has 1 N–H and O–H groups in total. The Morgan fingerprint density at radius 1 is 1.29 bits per heavy atom. The normalized spacial score (nSPS) is 11.0. The number of pyridine rings is 1. The lowest BCUT2D eigenvalue weighted by Gasteiger charge is -2.10. The van der Waals surface area contributed by atoms with Gasteiger partial charge in [-0.3, -0.25) is 15.4 Å². The molecule has 126 valence electrons. The Labute approximate surface area is 133 Å². The van der Waals surface area contributed by atoms with Crippen LogP contribution in [0.25, 0.3) is 0 Å². The number of nitro groups is 1. The van der Waals surface area contributed by atoms with Crippen molar-refractivity contribution in [1.82, 2.24) is 4.98 Å². The van der Waals surface area contributed by atoms with Gasteiger partial charge in [-0.1, -0.05) is 30.3 Å². The number of nitrogens with one attached hydrogen (secondary N) is 1. The number of aromatic nitrogens is 1. The summed E-state index contributed by atoms with van der Waals surface area (Å²) in [5, 5.41) is 12.8. The molecule has 0 aliphatic carbocycles. The molecular weight excluding hydrogens is 331 g/mol. The highest BCUT2D eigenvalue weighted by atomic mass is 19.4. The van der Waals surface area contributed by atoms with Crippen molar-refractivity contribution in [3.05, 3.63) is 64.0 Å². The summed E-state index contributed by atoms with van der Waals surface area (Å²) in [7, 11) is 0. The molecule has 10 heteroatoms. The van der Waals surface area contributed by atoms with E-state index in [-0.39, 0.29) is 6.61 Å². The molecule has 2 rings (SSSR count). The van der Waals surface area contributed by atoms with Crippen molar-refractivity contribution < 1.29 is 27.6 Å². The molecule has 0 aliphatic rings. The molecular formula is C14H10F3N3O4. The third-order valence-electron chi connectivity index (χ3n) is 2.82. The molecule has 1 aromatic heterocycles. The van der Waals surface area contributed by atoms with E-state index in [4.69, 9.17) is 4.74 Å². The van der Waals surface area contributed by atoms with Crippen molar-refractivity contribution in [2.24, 2.45) is 0 Å². The number of anilines is 1. The van der Waals surface area contributed by atoms with Crippen LogP contribution in [0, 0.1) is 10.1 Å². The second kappa shape index (κ2) is 6.94. The van der Waals surface area contributed by atoms with E-state index in [1.54, 1.807) is 30.3 Å². The van der Waals surface area contributed by atoms with E-state index < -0.39 is 34.3 Å². The van der Waals surface area contributed by atoms with E-state index in [9.17, 15) is 28.1 Å². The average Bonchev–Trinajstić information content (AvgIpc) is 2.53. The topological polar surface area (TPSA) is 94.4 Å². The first-order chi connectivity index (χ1) is 11.3. The Hall–Kier alpha value is -3.17. The van der Waals surface area contributed by atoms with Crippen molar-refractivity contribution >= 4 is 17.5 Å². The van der Waals surface area contributed by atoms with Gasteiger partial charge in [0, 0.05) is 0 Å². The molecule has 1 heterocycles. The quantitative estimate of drug-likeness (QED) is 0.675. The van der Waals surface area contributed by atoms with Crippen LogP contribution in [0.15, 0.2) is 42.6 Å². The second-order valence-electron chi connectivity index (χ2n) is 4.53. The zero-order valence-corrected chi connectivity index (χ0v) is 11.9. The second-order valence-corrected chi connectivity index (χ2v) is 4.53. The van der Waals surface area contributed by atoms with E-state index >= 15 is 0 Å². The summed E-state index contributed by atoms with van der Waals surface area (Å²) in [6.07, 6.45) is -5.50. The minimum atomic E-state index is -4.81. The van der Waals surface area contributed by atoms with E-state index in [2.05, 4.69) is 4.98 Å². The fourth-order valence-corrected chi connectivity index (χ4v) is 1.72. The first kappa shape index (κ1) is 17.2. The third kappa shape index (κ3) is 4.41. The number of hydrogen-bond acceptors (Lipinski definition) is 5. The first-order valence-corrected chi connectivity index (χ1v) is 6.46. The highest BCUT2D eigenvalue weighted by Gasteiger charge is 2.34. The molecule has 0 bridgehead atoms. The zero-order chi connectivity index (χ0) is 17.7. The van der Waals surface area contributed by atoms with Crippen molar-refractivity contribution in [1.29, 1.82) is 0 Å². The van der Waals surface area contributed by atoms with Gasteiger partial charge in [-0.15, -0.1) is 0 Å². The number of nitrogens with zero attached hydrogens (tertiary/aromatic N) is 2. The van der Waals surface area contributed by atoms with Crippen LogP contribution in [0.2, 0.25) is 0 Å². The molecule has 0 radical (unpaired) electrons. The van der Waals surface area contributed by atoms with Gasteiger partial charge >= 0.3 is 18.0 Å².